The summed E-state index contributed by atoms with van der Waals surface area (Å²) in [5.41, 5.74) is 8.34. The van der Waals surface area contributed by atoms with Gasteiger partial charge >= 0.3 is 0 Å². The first-order chi connectivity index (χ1) is 19.7. The minimum absolute atomic E-state index is 0.310. The zero-order chi connectivity index (χ0) is 26.9. The zero-order valence-corrected chi connectivity index (χ0v) is 21.4. The van der Waals surface area contributed by atoms with E-state index in [9.17, 15) is 4.39 Å². The number of rotatable bonds is 7. The van der Waals surface area contributed by atoms with Gasteiger partial charge in [0, 0.05) is 70.9 Å². The van der Waals surface area contributed by atoms with E-state index in [1.165, 1.54) is 11.6 Å². The predicted molar refractivity (Wildman–Crippen MR) is 155 cm³/mol. The van der Waals surface area contributed by atoms with Crippen molar-refractivity contribution in [2.75, 3.05) is 0 Å². The van der Waals surface area contributed by atoms with E-state index in [4.69, 9.17) is 0 Å². The second-order valence-corrected chi connectivity index (χ2v) is 9.65. The van der Waals surface area contributed by atoms with Crippen LogP contribution in [-0.4, -0.2) is 30.1 Å². The molecule has 2 aromatic carbocycles. The largest absolute Gasteiger partial charge is 0.353 e. The fraction of sp³-hybridized carbons (Fsp3) is 0.0625. The molecule has 5 heterocycles. The highest BCUT2D eigenvalue weighted by Gasteiger charge is 2.17. The number of hydrogen-bond donors (Lipinski definition) is 3. The molecule has 194 valence electrons. The smallest absolute Gasteiger partial charge is 0.155 e. The summed E-state index contributed by atoms with van der Waals surface area (Å²) in [5, 5.41) is 12.8. The first kappa shape index (κ1) is 23.9. The van der Waals surface area contributed by atoms with Crippen LogP contribution < -0.4 is 5.32 Å². The molecule has 7 nitrogen and oxygen atoms in total. The maximum atomic E-state index is 14.6. The number of benzene rings is 2. The average Bonchev–Trinajstić information content (AvgIpc) is 3.62. The summed E-state index contributed by atoms with van der Waals surface area (Å²) >= 11 is 0. The van der Waals surface area contributed by atoms with E-state index in [-0.39, 0.29) is 5.82 Å². The van der Waals surface area contributed by atoms with E-state index in [0.29, 0.717) is 23.4 Å². The molecule has 0 amide bonds. The Hall–Kier alpha value is -5.21. The lowest BCUT2D eigenvalue weighted by atomic mass is 10.1. The van der Waals surface area contributed by atoms with Crippen molar-refractivity contribution in [3.63, 3.8) is 0 Å². The second-order valence-electron chi connectivity index (χ2n) is 9.65. The molecule has 0 aliphatic carbocycles. The molecule has 0 fully saturated rings. The van der Waals surface area contributed by atoms with Crippen molar-refractivity contribution in [2.45, 2.75) is 13.1 Å². The lowest BCUT2D eigenvalue weighted by molar-refractivity contribution is 0.631. The Kier molecular flexibility index (Phi) is 6.07. The Labute approximate surface area is 229 Å². The van der Waals surface area contributed by atoms with Crippen LogP contribution in [0.3, 0.4) is 0 Å². The average molecular weight is 526 g/mol. The van der Waals surface area contributed by atoms with Crippen molar-refractivity contribution in [3.8, 4) is 33.8 Å². The van der Waals surface area contributed by atoms with Crippen molar-refractivity contribution < 1.29 is 4.39 Å². The van der Waals surface area contributed by atoms with Gasteiger partial charge in [-0.1, -0.05) is 42.5 Å². The summed E-state index contributed by atoms with van der Waals surface area (Å²) in [6.07, 6.45) is 7.23. The molecule has 0 saturated carbocycles. The molecule has 0 atom stereocenters. The maximum Gasteiger partial charge on any atom is 0.155 e. The van der Waals surface area contributed by atoms with E-state index in [1.54, 1.807) is 18.3 Å². The molecular formula is C32H24FN7. The molecular weight excluding hydrogens is 501 g/mol. The van der Waals surface area contributed by atoms with Gasteiger partial charge in [-0.15, -0.1) is 0 Å². The van der Waals surface area contributed by atoms with Gasteiger partial charge in [0.15, 0.2) is 5.65 Å². The lowest BCUT2D eigenvalue weighted by Gasteiger charge is -2.07. The summed E-state index contributed by atoms with van der Waals surface area (Å²) in [7, 11) is 0. The number of hydrogen-bond acceptors (Lipinski definition) is 5. The van der Waals surface area contributed by atoms with Crippen LogP contribution in [0.15, 0.2) is 104 Å². The Morgan fingerprint density at radius 2 is 1.55 bits per heavy atom. The first-order valence-corrected chi connectivity index (χ1v) is 13.0. The fourth-order valence-corrected chi connectivity index (χ4v) is 5.01. The molecule has 8 heteroatoms. The minimum Gasteiger partial charge on any atom is -0.353 e. The van der Waals surface area contributed by atoms with Gasteiger partial charge in [0.05, 0.1) is 11.4 Å². The Balaban J connectivity index is 1.21. The van der Waals surface area contributed by atoms with Crippen LogP contribution in [0.5, 0.6) is 0 Å². The van der Waals surface area contributed by atoms with Gasteiger partial charge < -0.3 is 10.3 Å². The van der Waals surface area contributed by atoms with Gasteiger partial charge in [-0.25, -0.2) is 9.37 Å². The molecule has 0 saturated heterocycles. The number of aromatic nitrogens is 6. The van der Waals surface area contributed by atoms with Crippen molar-refractivity contribution >= 4 is 21.9 Å². The molecule has 3 N–H and O–H groups in total. The van der Waals surface area contributed by atoms with Crippen LogP contribution in [0.2, 0.25) is 0 Å². The highest BCUT2D eigenvalue weighted by atomic mass is 19.1. The number of H-pyrrole nitrogens is 2. The molecule has 7 aromatic rings. The number of nitrogens with one attached hydrogen (secondary N) is 3. The van der Waals surface area contributed by atoms with Gasteiger partial charge in [-0.2, -0.15) is 5.10 Å². The predicted octanol–water partition coefficient (Wildman–Crippen LogP) is 6.66. The van der Waals surface area contributed by atoms with Crippen molar-refractivity contribution in [1.29, 1.82) is 0 Å². The van der Waals surface area contributed by atoms with Gasteiger partial charge in [0.2, 0.25) is 0 Å². The van der Waals surface area contributed by atoms with E-state index in [1.807, 2.05) is 55.0 Å². The third kappa shape index (κ3) is 4.50. The molecule has 0 aliphatic rings. The number of aromatic amines is 2. The normalized spacial score (nSPS) is 11.4. The van der Waals surface area contributed by atoms with Crippen LogP contribution in [0.1, 0.15) is 11.1 Å². The van der Waals surface area contributed by atoms with E-state index < -0.39 is 0 Å². The van der Waals surface area contributed by atoms with Gasteiger partial charge in [-0.3, -0.25) is 15.1 Å². The monoisotopic (exact) mass is 525 g/mol. The van der Waals surface area contributed by atoms with Crippen LogP contribution >= 0.6 is 0 Å². The standard InChI is InChI=1S/C32H24FN7/c33-27-9-5-4-8-24(27)30-25-14-29(38-28(25)10-11-36-30)31-26-13-23(19-37-32(26)40-39-31)22-12-21(17-35-18-22)16-34-15-20-6-2-1-3-7-20/h1-14,17-19,34,38H,15-16H2,(H,37,39,40). The van der Waals surface area contributed by atoms with E-state index in [2.05, 4.69) is 59.7 Å². The highest BCUT2D eigenvalue weighted by Crippen LogP contribution is 2.34. The Morgan fingerprint density at radius 3 is 2.45 bits per heavy atom. The lowest BCUT2D eigenvalue weighted by Crippen LogP contribution is -2.12. The summed E-state index contributed by atoms with van der Waals surface area (Å²) in [4.78, 5) is 17.0. The van der Waals surface area contributed by atoms with Crippen molar-refractivity contribution in [1.82, 2.24) is 35.5 Å². The summed E-state index contributed by atoms with van der Waals surface area (Å²) < 4.78 is 14.6. The Bertz CT molecular complexity index is 1960. The third-order valence-corrected chi connectivity index (χ3v) is 6.98. The second kappa shape index (κ2) is 10.2. The summed E-state index contributed by atoms with van der Waals surface area (Å²) in [6.45, 7) is 1.49. The van der Waals surface area contributed by atoms with Crippen LogP contribution in [0.25, 0.3) is 55.7 Å². The Morgan fingerprint density at radius 1 is 0.725 bits per heavy atom. The van der Waals surface area contributed by atoms with Gasteiger partial charge in [0.25, 0.3) is 0 Å². The quantitative estimate of drug-likeness (QED) is 0.216. The number of fused-ring (bicyclic) bond motifs is 2. The zero-order valence-electron chi connectivity index (χ0n) is 21.4. The molecule has 40 heavy (non-hydrogen) atoms. The minimum atomic E-state index is -0.310. The molecule has 5 aromatic heterocycles. The molecule has 0 spiro atoms. The molecule has 0 bridgehead atoms. The molecule has 0 radical (unpaired) electrons. The first-order valence-electron chi connectivity index (χ1n) is 13.0. The maximum absolute atomic E-state index is 14.6. The SMILES string of the molecule is Fc1ccccc1-c1nccc2[nH]c(-c3n[nH]c4ncc(-c5cncc(CNCc6ccccc6)c5)cc34)cc12. The number of nitrogens with zero attached hydrogens (tertiary/aromatic N) is 4. The highest BCUT2D eigenvalue weighted by molar-refractivity contribution is 6.00. The number of halogens is 1. The summed E-state index contributed by atoms with van der Waals surface area (Å²) in [6, 6.07) is 25.0. The fourth-order valence-electron chi connectivity index (χ4n) is 5.01. The third-order valence-electron chi connectivity index (χ3n) is 6.98. The molecule has 0 unspecified atom stereocenters. The van der Waals surface area contributed by atoms with Gasteiger partial charge in [-0.05, 0) is 47.5 Å². The summed E-state index contributed by atoms with van der Waals surface area (Å²) in [5.74, 6) is -0.310. The molecule has 7 rings (SSSR count). The number of pyridine rings is 3. The van der Waals surface area contributed by atoms with Crippen molar-refractivity contribution in [2.24, 2.45) is 0 Å². The van der Waals surface area contributed by atoms with E-state index >= 15 is 0 Å². The van der Waals surface area contributed by atoms with Crippen molar-refractivity contribution in [3.05, 3.63) is 121 Å². The van der Waals surface area contributed by atoms with E-state index in [0.717, 1.165) is 50.9 Å². The van der Waals surface area contributed by atoms with Crippen LogP contribution in [-0.2, 0) is 13.1 Å². The van der Waals surface area contributed by atoms with Crippen LogP contribution in [0, 0.1) is 5.82 Å². The topological polar surface area (TPSA) is 95.2 Å². The molecule has 0 aliphatic heterocycles. The van der Waals surface area contributed by atoms with Crippen LogP contribution in [0.4, 0.5) is 4.39 Å². The van der Waals surface area contributed by atoms with Gasteiger partial charge in [0.1, 0.15) is 11.5 Å².